The Morgan fingerprint density at radius 2 is 0.944 bits per heavy atom. The molecule has 8 aliphatic heterocycles. The van der Waals surface area contributed by atoms with Crippen molar-refractivity contribution in [3.8, 4) is 33.4 Å². The number of para-hydroxylation sites is 2. The van der Waals surface area contributed by atoms with Gasteiger partial charge in [-0.05, 0) is 83.8 Å². The van der Waals surface area contributed by atoms with Crippen LogP contribution < -0.4 is 54.1 Å². The first-order valence-corrected chi connectivity index (χ1v) is 19.7. The SMILES string of the molecule is c1ccc2c(c1)B1c3cc4c5cccc6c7cc8c9cccc%10c%11c%12c%13c%14c%15c%11n(c8c8c7n(c4c(c3N%14c3c1c-2cc1c3B%13c2c-1cccc2-%12)B8%15)c56)c9%10. The van der Waals surface area contributed by atoms with Crippen molar-refractivity contribution in [1.29, 1.82) is 0 Å². The monoisotopic (exact) mass is 667 g/mol. The van der Waals surface area contributed by atoms with Crippen molar-refractivity contribution < 1.29 is 0 Å². The average molecular weight is 667 g/mol. The molecule has 0 bridgehead atoms. The van der Waals surface area contributed by atoms with Gasteiger partial charge in [-0.1, -0.05) is 95.9 Å². The molecular formula is C48H16B3N3. The summed E-state index contributed by atoms with van der Waals surface area (Å²) >= 11 is 0. The van der Waals surface area contributed by atoms with E-state index in [4.69, 9.17) is 0 Å². The molecule has 0 amide bonds. The Morgan fingerprint density at radius 3 is 1.81 bits per heavy atom. The predicted molar refractivity (Wildman–Crippen MR) is 228 cm³/mol. The molecule has 0 N–H and O–H groups in total. The van der Waals surface area contributed by atoms with Crippen LogP contribution in [-0.4, -0.2) is 28.9 Å². The summed E-state index contributed by atoms with van der Waals surface area (Å²) in [5.74, 6) is 0. The minimum absolute atomic E-state index is 0.189. The Morgan fingerprint density at radius 1 is 0.333 bits per heavy atom. The van der Waals surface area contributed by atoms with E-state index < -0.39 is 0 Å². The molecule has 0 radical (unpaired) electrons. The summed E-state index contributed by atoms with van der Waals surface area (Å²) in [6.07, 6.45) is 0. The van der Waals surface area contributed by atoms with Crippen LogP contribution in [-0.2, 0) is 0 Å². The standard InChI is InChI=1S/C48H16B3N3/c1-2-13-29-17(6-1)24-14-25-18-7-3-11-22-31-32-23-12-5-10-20-27-15-26-19-8-4-9-21-28-16-30-45-38-44(28)52(40(19)21)42(26)37-43(27)53(41(20)23)46(32)39(51(37)38)48-36(31)50(33(18)22)35(25)47(54(45)48)34(24)49(29)30/h1-16H. The quantitative estimate of drug-likeness (QED) is 0.217. The first-order valence-electron chi connectivity index (χ1n) is 19.7. The van der Waals surface area contributed by atoms with Crippen LogP contribution in [0.25, 0.3) is 110 Å². The van der Waals surface area contributed by atoms with Gasteiger partial charge < -0.3 is 13.7 Å². The number of hydrogen-bond donors (Lipinski definition) is 0. The van der Waals surface area contributed by atoms with Crippen LogP contribution in [0.3, 0.4) is 0 Å². The molecule has 20 rings (SSSR count). The molecule has 0 unspecified atom stereocenters. The highest BCUT2D eigenvalue weighted by Gasteiger charge is 2.60. The minimum Gasteiger partial charge on any atom is -0.313 e. The second-order valence-corrected chi connectivity index (χ2v) is 17.7. The van der Waals surface area contributed by atoms with Gasteiger partial charge in [-0.15, -0.1) is 0 Å². The second kappa shape index (κ2) is 6.27. The number of rotatable bonds is 0. The lowest BCUT2D eigenvalue weighted by Crippen LogP contribution is -2.70. The van der Waals surface area contributed by atoms with Gasteiger partial charge in [0, 0.05) is 60.2 Å². The van der Waals surface area contributed by atoms with Crippen LogP contribution in [0, 0.1) is 0 Å². The smallest absolute Gasteiger partial charge is 0.257 e. The normalized spacial score (nSPS) is 16.4. The number of benzene rings is 8. The van der Waals surface area contributed by atoms with E-state index >= 15 is 0 Å². The largest absolute Gasteiger partial charge is 0.313 e. The molecule has 12 aromatic rings. The molecule has 3 nitrogen and oxygen atoms in total. The van der Waals surface area contributed by atoms with E-state index in [2.05, 4.69) is 111 Å². The fourth-order valence-corrected chi connectivity index (χ4v) is 15.1. The highest BCUT2D eigenvalue weighted by Crippen LogP contribution is 2.56. The number of aromatic nitrogens is 2. The maximum Gasteiger partial charge on any atom is 0.257 e. The topological polar surface area (TPSA) is 12.1 Å². The van der Waals surface area contributed by atoms with Gasteiger partial charge in [-0.2, -0.15) is 0 Å². The minimum atomic E-state index is 0.189. The van der Waals surface area contributed by atoms with E-state index in [9.17, 15) is 0 Å². The van der Waals surface area contributed by atoms with Crippen molar-refractivity contribution >= 4 is 163 Å². The fraction of sp³-hybridized carbons (Fsp3) is 0. The molecular weight excluding hydrogens is 651 g/mol. The van der Waals surface area contributed by atoms with Crippen LogP contribution in [0.15, 0.2) is 97.1 Å². The van der Waals surface area contributed by atoms with E-state index in [1.165, 1.54) is 138 Å². The molecule has 0 fully saturated rings. The molecule has 0 spiro atoms. The first-order chi connectivity index (χ1) is 26.9. The molecule has 12 heterocycles. The van der Waals surface area contributed by atoms with Gasteiger partial charge in [-0.25, -0.2) is 0 Å². The zero-order valence-corrected chi connectivity index (χ0v) is 28.3. The number of hydrogen-bond acceptors (Lipinski definition) is 1. The molecule has 8 aliphatic rings. The molecule has 8 aromatic carbocycles. The lowest BCUT2D eigenvalue weighted by atomic mass is 9.27. The van der Waals surface area contributed by atoms with Crippen molar-refractivity contribution in [2.45, 2.75) is 0 Å². The van der Waals surface area contributed by atoms with Crippen LogP contribution in [0.2, 0.25) is 0 Å². The summed E-state index contributed by atoms with van der Waals surface area (Å²) in [5, 5.41) is 11.4. The van der Waals surface area contributed by atoms with Crippen LogP contribution in [0.1, 0.15) is 0 Å². The van der Waals surface area contributed by atoms with Crippen LogP contribution in [0.4, 0.5) is 17.1 Å². The van der Waals surface area contributed by atoms with Crippen molar-refractivity contribution in [3.63, 3.8) is 0 Å². The Hall–Kier alpha value is -6.65. The number of anilines is 3. The zero-order chi connectivity index (χ0) is 33.3. The molecule has 0 saturated carbocycles. The van der Waals surface area contributed by atoms with Gasteiger partial charge in [0.25, 0.3) is 6.71 Å². The molecule has 232 valence electrons. The second-order valence-electron chi connectivity index (χ2n) is 17.7. The summed E-state index contributed by atoms with van der Waals surface area (Å²) in [4.78, 5) is 2.89. The Labute approximate surface area is 305 Å². The van der Waals surface area contributed by atoms with E-state index in [0.717, 1.165) is 0 Å². The summed E-state index contributed by atoms with van der Waals surface area (Å²) in [7, 11) is 0. The van der Waals surface area contributed by atoms with E-state index in [-0.39, 0.29) is 20.1 Å². The molecule has 4 aromatic heterocycles. The summed E-state index contributed by atoms with van der Waals surface area (Å²) in [6.45, 7) is 0.690. The highest BCUT2D eigenvalue weighted by molar-refractivity contribution is 7.12. The van der Waals surface area contributed by atoms with Crippen molar-refractivity contribution in [2.24, 2.45) is 0 Å². The van der Waals surface area contributed by atoms with Crippen molar-refractivity contribution in [2.75, 3.05) is 4.90 Å². The molecule has 6 heteroatoms. The fourth-order valence-electron chi connectivity index (χ4n) is 15.1. The third kappa shape index (κ3) is 1.68. The van der Waals surface area contributed by atoms with Gasteiger partial charge in [-0.3, -0.25) is 0 Å². The van der Waals surface area contributed by atoms with E-state index in [1.54, 1.807) is 38.2 Å². The van der Waals surface area contributed by atoms with Gasteiger partial charge in [0.15, 0.2) is 0 Å². The average Bonchev–Trinajstić information content (AvgIpc) is 4.07. The molecule has 0 saturated heterocycles. The Bertz CT molecular complexity index is 4200. The summed E-state index contributed by atoms with van der Waals surface area (Å²) in [5.41, 5.74) is 35.9. The summed E-state index contributed by atoms with van der Waals surface area (Å²) < 4.78 is 5.52. The number of fused-ring (bicyclic) bond motifs is 11. The summed E-state index contributed by atoms with van der Waals surface area (Å²) in [6, 6.07) is 38.9. The Balaban J connectivity index is 1.20. The molecule has 0 atom stereocenters. The maximum atomic E-state index is 2.89. The third-order valence-electron chi connectivity index (χ3n) is 16.3. The Kier molecular flexibility index (Phi) is 2.68. The number of nitrogens with zero attached hydrogens (tertiary/aromatic N) is 3. The predicted octanol–water partition coefficient (Wildman–Crippen LogP) is 4.51. The lowest BCUT2D eigenvalue weighted by molar-refractivity contribution is 1.29. The van der Waals surface area contributed by atoms with Gasteiger partial charge in [0.1, 0.15) is 0 Å². The van der Waals surface area contributed by atoms with Gasteiger partial charge in [0.2, 0.25) is 13.4 Å². The van der Waals surface area contributed by atoms with Crippen LogP contribution >= 0.6 is 0 Å². The zero-order valence-electron chi connectivity index (χ0n) is 28.3. The van der Waals surface area contributed by atoms with E-state index in [0.29, 0.717) is 0 Å². The highest BCUT2D eigenvalue weighted by atomic mass is 15.2. The molecule has 0 aliphatic carbocycles. The van der Waals surface area contributed by atoms with Crippen molar-refractivity contribution in [1.82, 2.24) is 8.80 Å². The maximum absolute atomic E-state index is 2.89. The first kappa shape index (κ1) is 23.1. The van der Waals surface area contributed by atoms with E-state index in [1.807, 2.05) is 0 Å². The van der Waals surface area contributed by atoms with Gasteiger partial charge in [0.05, 0.1) is 33.1 Å². The van der Waals surface area contributed by atoms with Crippen molar-refractivity contribution in [3.05, 3.63) is 97.1 Å². The van der Waals surface area contributed by atoms with Gasteiger partial charge >= 0.3 is 0 Å². The lowest BCUT2D eigenvalue weighted by Gasteiger charge is -2.49. The van der Waals surface area contributed by atoms with Crippen LogP contribution in [0.5, 0.6) is 0 Å². The molecule has 54 heavy (non-hydrogen) atoms. The third-order valence-corrected chi connectivity index (χ3v) is 16.3.